The molecular formula is C14H19NO3S. The highest BCUT2D eigenvalue weighted by molar-refractivity contribution is 7.10. The summed E-state index contributed by atoms with van der Waals surface area (Å²) >= 11 is 1.67. The minimum absolute atomic E-state index is 0.0818. The van der Waals surface area contributed by atoms with Gasteiger partial charge in [0.1, 0.15) is 0 Å². The average molecular weight is 281 g/mol. The average Bonchev–Trinajstić information content (AvgIpc) is 2.73. The van der Waals surface area contributed by atoms with Gasteiger partial charge in [-0.3, -0.25) is 4.90 Å². The van der Waals surface area contributed by atoms with Gasteiger partial charge < -0.3 is 9.84 Å². The number of nitrogens with zero attached hydrogens (tertiary/aromatic N) is 1. The Labute approximate surface area is 117 Å². The maximum absolute atomic E-state index is 10.5. The van der Waals surface area contributed by atoms with Crippen LogP contribution in [-0.2, 0) is 16.1 Å². The van der Waals surface area contributed by atoms with Crippen molar-refractivity contribution in [3.8, 4) is 0 Å². The van der Waals surface area contributed by atoms with Gasteiger partial charge >= 0.3 is 5.97 Å². The molecule has 0 aromatic carbocycles. The number of carbonyl (C=O) groups is 1. The van der Waals surface area contributed by atoms with E-state index in [-0.39, 0.29) is 5.60 Å². The van der Waals surface area contributed by atoms with Gasteiger partial charge in [0.15, 0.2) is 0 Å². The summed E-state index contributed by atoms with van der Waals surface area (Å²) in [6.07, 6.45) is 2.80. The third-order valence-electron chi connectivity index (χ3n) is 2.98. The summed E-state index contributed by atoms with van der Waals surface area (Å²) in [5, 5.41) is 10.6. The molecule has 1 aromatic heterocycles. The smallest absolute Gasteiger partial charge is 0.328 e. The Bertz CT molecular complexity index is 479. The molecule has 5 heteroatoms. The summed E-state index contributed by atoms with van der Waals surface area (Å²) < 4.78 is 5.69. The number of rotatable bonds is 4. The molecule has 104 valence electrons. The Morgan fingerprint density at radius 2 is 2.42 bits per heavy atom. The maximum atomic E-state index is 10.5. The van der Waals surface area contributed by atoms with E-state index in [0.717, 1.165) is 31.8 Å². The molecule has 19 heavy (non-hydrogen) atoms. The van der Waals surface area contributed by atoms with Crippen LogP contribution in [0, 0.1) is 0 Å². The fourth-order valence-electron chi connectivity index (χ4n) is 2.21. The number of hydrogen-bond donors (Lipinski definition) is 1. The molecule has 0 unspecified atom stereocenters. The molecule has 0 saturated carbocycles. The van der Waals surface area contributed by atoms with Crippen molar-refractivity contribution in [1.29, 1.82) is 0 Å². The Morgan fingerprint density at radius 3 is 3.11 bits per heavy atom. The van der Waals surface area contributed by atoms with Gasteiger partial charge in [-0.15, -0.1) is 11.3 Å². The van der Waals surface area contributed by atoms with E-state index >= 15 is 0 Å². The third kappa shape index (κ3) is 4.45. The Kier molecular flexibility index (Phi) is 4.39. The van der Waals surface area contributed by atoms with Crippen LogP contribution in [0.1, 0.15) is 24.3 Å². The van der Waals surface area contributed by atoms with E-state index in [9.17, 15) is 4.79 Å². The van der Waals surface area contributed by atoms with Crippen LogP contribution in [0.3, 0.4) is 0 Å². The second-order valence-electron chi connectivity index (χ2n) is 5.34. The molecular weight excluding hydrogens is 262 g/mol. The highest BCUT2D eigenvalue weighted by atomic mass is 32.1. The molecule has 4 nitrogen and oxygen atoms in total. The van der Waals surface area contributed by atoms with Crippen molar-refractivity contribution >= 4 is 23.4 Å². The van der Waals surface area contributed by atoms with Gasteiger partial charge in [0, 0.05) is 30.6 Å². The molecule has 0 amide bonds. The minimum atomic E-state index is -0.914. The highest BCUT2D eigenvalue weighted by Crippen LogP contribution is 2.22. The zero-order valence-electron chi connectivity index (χ0n) is 11.3. The highest BCUT2D eigenvalue weighted by Gasteiger charge is 2.27. The zero-order chi connectivity index (χ0) is 13.9. The maximum Gasteiger partial charge on any atom is 0.328 e. The number of carboxylic acid groups (broad SMARTS) is 1. The molecule has 1 saturated heterocycles. The van der Waals surface area contributed by atoms with Gasteiger partial charge in [0.05, 0.1) is 12.2 Å². The van der Waals surface area contributed by atoms with Crippen molar-refractivity contribution in [2.75, 3.05) is 19.7 Å². The fourth-order valence-corrected chi connectivity index (χ4v) is 3.10. The first-order valence-corrected chi connectivity index (χ1v) is 7.17. The quantitative estimate of drug-likeness (QED) is 0.861. The molecule has 0 atom stereocenters. The standard InChI is InChI=1S/C14H19NO3S/c1-14(2)10-15(5-6-18-14)8-12-7-11(9-19-12)3-4-13(16)17/h3-4,7,9H,5-6,8,10H2,1-2H3,(H,16,17). The van der Waals surface area contributed by atoms with Gasteiger partial charge in [-0.05, 0) is 36.9 Å². The molecule has 2 rings (SSSR count). The number of thiophene rings is 1. The van der Waals surface area contributed by atoms with Crippen molar-refractivity contribution in [2.24, 2.45) is 0 Å². The van der Waals surface area contributed by atoms with Crippen LogP contribution < -0.4 is 0 Å². The lowest BCUT2D eigenvalue weighted by Crippen LogP contribution is -2.47. The summed E-state index contributed by atoms with van der Waals surface area (Å²) in [7, 11) is 0. The molecule has 1 aromatic rings. The van der Waals surface area contributed by atoms with Crippen molar-refractivity contribution < 1.29 is 14.6 Å². The number of carboxylic acids is 1. The summed E-state index contributed by atoms with van der Waals surface area (Å²) in [5.74, 6) is -0.914. The molecule has 1 fully saturated rings. The van der Waals surface area contributed by atoms with Gasteiger partial charge in [-0.1, -0.05) is 0 Å². The normalized spacial score (nSPS) is 19.9. The minimum Gasteiger partial charge on any atom is -0.478 e. The van der Waals surface area contributed by atoms with Crippen LogP contribution in [0.2, 0.25) is 0 Å². The van der Waals surface area contributed by atoms with Crippen LogP contribution in [0.15, 0.2) is 17.5 Å². The largest absolute Gasteiger partial charge is 0.478 e. The second kappa shape index (κ2) is 5.86. The summed E-state index contributed by atoms with van der Waals surface area (Å²) in [4.78, 5) is 14.1. The van der Waals surface area contributed by atoms with E-state index in [4.69, 9.17) is 9.84 Å². The van der Waals surface area contributed by atoms with E-state index in [1.165, 1.54) is 11.0 Å². The molecule has 1 N–H and O–H groups in total. The summed E-state index contributed by atoms with van der Waals surface area (Å²) in [6, 6.07) is 2.05. The second-order valence-corrected chi connectivity index (χ2v) is 6.33. The lowest BCUT2D eigenvalue weighted by Gasteiger charge is -2.37. The van der Waals surface area contributed by atoms with Crippen LogP contribution in [0.25, 0.3) is 6.08 Å². The van der Waals surface area contributed by atoms with Crippen molar-refractivity contribution in [1.82, 2.24) is 4.90 Å². The van der Waals surface area contributed by atoms with E-state index in [1.54, 1.807) is 17.4 Å². The molecule has 0 bridgehead atoms. The lowest BCUT2D eigenvalue weighted by atomic mass is 10.1. The molecule has 2 heterocycles. The molecule has 0 radical (unpaired) electrons. The van der Waals surface area contributed by atoms with E-state index in [2.05, 4.69) is 18.7 Å². The predicted octanol–water partition coefficient (Wildman–Crippen LogP) is 2.46. The van der Waals surface area contributed by atoms with Crippen LogP contribution in [-0.4, -0.2) is 41.3 Å². The molecule has 1 aliphatic rings. The number of aliphatic carboxylic acids is 1. The third-order valence-corrected chi connectivity index (χ3v) is 3.92. The summed E-state index contributed by atoms with van der Waals surface area (Å²) in [5.41, 5.74) is 0.872. The van der Waals surface area contributed by atoms with Gasteiger partial charge in [-0.2, -0.15) is 0 Å². The number of ether oxygens (including phenoxy) is 1. The van der Waals surface area contributed by atoms with Crippen molar-refractivity contribution in [3.05, 3.63) is 28.0 Å². The molecule has 0 spiro atoms. The molecule has 0 aliphatic carbocycles. The molecule has 1 aliphatic heterocycles. The van der Waals surface area contributed by atoms with Gasteiger partial charge in [0.2, 0.25) is 0 Å². The van der Waals surface area contributed by atoms with Gasteiger partial charge in [-0.25, -0.2) is 4.79 Å². The van der Waals surface area contributed by atoms with Gasteiger partial charge in [0.25, 0.3) is 0 Å². The van der Waals surface area contributed by atoms with Crippen molar-refractivity contribution in [2.45, 2.75) is 26.0 Å². The van der Waals surface area contributed by atoms with E-state index < -0.39 is 5.97 Å². The van der Waals surface area contributed by atoms with Crippen LogP contribution in [0.4, 0.5) is 0 Å². The number of hydrogen-bond acceptors (Lipinski definition) is 4. The zero-order valence-corrected chi connectivity index (χ0v) is 12.1. The van der Waals surface area contributed by atoms with Crippen LogP contribution in [0.5, 0.6) is 0 Å². The monoisotopic (exact) mass is 281 g/mol. The van der Waals surface area contributed by atoms with Crippen molar-refractivity contribution in [3.63, 3.8) is 0 Å². The fraction of sp³-hybridized carbons (Fsp3) is 0.500. The topological polar surface area (TPSA) is 49.8 Å². The number of morpholine rings is 1. The van der Waals surface area contributed by atoms with E-state index in [0.29, 0.717) is 0 Å². The first-order chi connectivity index (χ1) is 8.94. The Hall–Kier alpha value is -1.17. The summed E-state index contributed by atoms with van der Waals surface area (Å²) in [6.45, 7) is 7.75. The Morgan fingerprint density at radius 1 is 1.63 bits per heavy atom. The predicted molar refractivity (Wildman–Crippen MR) is 76.3 cm³/mol. The SMILES string of the molecule is CC1(C)CN(Cc2cc(C=CC(=O)O)cs2)CCO1. The lowest BCUT2D eigenvalue weighted by molar-refractivity contribution is -0.131. The first-order valence-electron chi connectivity index (χ1n) is 6.29. The first kappa shape index (κ1) is 14.2. The Balaban J connectivity index is 1.94. The van der Waals surface area contributed by atoms with E-state index in [1.807, 2.05) is 11.4 Å². The van der Waals surface area contributed by atoms with Crippen LogP contribution >= 0.6 is 11.3 Å².